The number of hydrogen-bond acceptors (Lipinski definition) is 3. The molecule has 21 heavy (non-hydrogen) atoms. The first-order valence-electron chi connectivity index (χ1n) is 6.12. The van der Waals surface area contributed by atoms with Crippen LogP contribution in [0.4, 0.5) is 5.69 Å². The molecule has 0 amide bonds. The quantitative estimate of drug-likeness (QED) is 0.764. The molecule has 0 aliphatic carbocycles. The Morgan fingerprint density at radius 3 is 2.48 bits per heavy atom. The van der Waals surface area contributed by atoms with Crippen LogP contribution in [0, 0.1) is 0 Å². The third-order valence-corrected chi connectivity index (χ3v) is 5.05. The highest BCUT2D eigenvalue weighted by Crippen LogP contribution is 2.29. The smallest absolute Gasteiger partial charge is 0.238 e. The van der Waals surface area contributed by atoms with Crippen LogP contribution in [0.25, 0.3) is 0 Å². The van der Waals surface area contributed by atoms with E-state index in [0.29, 0.717) is 0 Å². The van der Waals surface area contributed by atoms with Gasteiger partial charge in [-0.2, -0.15) is 0 Å². The van der Waals surface area contributed by atoms with Gasteiger partial charge in [-0.05, 0) is 58.7 Å². The molecule has 0 aliphatic heterocycles. The molecule has 1 atom stereocenters. The summed E-state index contributed by atoms with van der Waals surface area (Å²) >= 11 is 6.89. The molecule has 0 bridgehead atoms. The zero-order valence-electron chi connectivity index (χ0n) is 11.2. The fourth-order valence-corrected chi connectivity index (χ4v) is 3.61. The van der Waals surface area contributed by atoms with Gasteiger partial charge in [-0.3, -0.25) is 0 Å². The molecule has 0 aromatic heterocycles. The highest BCUT2D eigenvalue weighted by atomic mass is 79.9. The normalized spacial score (nSPS) is 13.0. The van der Waals surface area contributed by atoms with E-state index >= 15 is 0 Å². The molecule has 0 fully saturated rings. The Hall–Kier alpha value is -0.890. The average Bonchev–Trinajstić information content (AvgIpc) is 2.41. The molecular formula is C14H14Br2N2O2S. The van der Waals surface area contributed by atoms with Gasteiger partial charge in [0, 0.05) is 20.7 Å². The summed E-state index contributed by atoms with van der Waals surface area (Å²) in [5, 5.41) is 8.49. The topological polar surface area (TPSA) is 72.2 Å². The van der Waals surface area contributed by atoms with Crippen molar-refractivity contribution in [3.05, 3.63) is 57.0 Å². The van der Waals surface area contributed by atoms with E-state index in [2.05, 4.69) is 37.2 Å². The molecule has 2 aromatic rings. The molecule has 2 aromatic carbocycles. The zero-order chi connectivity index (χ0) is 15.6. The van der Waals surface area contributed by atoms with Crippen molar-refractivity contribution in [3.63, 3.8) is 0 Å². The largest absolute Gasteiger partial charge is 0.378 e. The van der Waals surface area contributed by atoms with Crippen LogP contribution in [0.3, 0.4) is 0 Å². The molecule has 3 N–H and O–H groups in total. The zero-order valence-corrected chi connectivity index (χ0v) is 15.2. The van der Waals surface area contributed by atoms with Gasteiger partial charge in [0.15, 0.2) is 0 Å². The Morgan fingerprint density at radius 2 is 1.86 bits per heavy atom. The lowest BCUT2D eigenvalue weighted by Crippen LogP contribution is -2.13. The standard InChI is InChI=1S/C14H14Br2N2O2S/c1-9(18-14-6-5-11(15)8-13(14)16)10-3-2-4-12(7-10)21(17,19)20/h2-9,18H,1H3,(H2,17,19,20). The lowest BCUT2D eigenvalue weighted by atomic mass is 10.1. The van der Waals surface area contributed by atoms with Crippen LogP contribution in [0.5, 0.6) is 0 Å². The maximum Gasteiger partial charge on any atom is 0.238 e. The third-order valence-electron chi connectivity index (χ3n) is 2.99. The summed E-state index contributed by atoms with van der Waals surface area (Å²) < 4.78 is 24.7. The molecule has 0 heterocycles. The van der Waals surface area contributed by atoms with Crippen LogP contribution < -0.4 is 10.5 Å². The Balaban J connectivity index is 2.26. The summed E-state index contributed by atoms with van der Waals surface area (Å²) in [5.74, 6) is 0. The lowest BCUT2D eigenvalue weighted by Gasteiger charge is -2.17. The van der Waals surface area contributed by atoms with Gasteiger partial charge in [-0.25, -0.2) is 13.6 Å². The maximum absolute atomic E-state index is 11.4. The van der Waals surface area contributed by atoms with Gasteiger partial charge in [0.25, 0.3) is 0 Å². The van der Waals surface area contributed by atoms with Crippen LogP contribution in [0.2, 0.25) is 0 Å². The number of hydrogen-bond donors (Lipinski definition) is 2. The number of halogens is 2. The van der Waals surface area contributed by atoms with Crippen molar-refractivity contribution in [3.8, 4) is 0 Å². The van der Waals surface area contributed by atoms with E-state index in [9.17, 15) is 8.42 Å². The van der Waals surface area contributed by atoms with Crippen molar-refractivity contribution in [2.45, 2.75) is 17.9 Å². The van der Waals surface area contributed by atoms with Crippen LogP contribution in [-0.2, 0) is 10.0 Å². The van der Waals surface area contributed by atoms with Crippen LogP contribution in [-0.4, -0.2) is 8.42 Å². The van der Waals surface area contributed by atoms with Gasteiger partial charge in [-0.1, -0.05) is 28.1 Å². The van der Waals surface area contributed by atoms with E-state index in [0.717, 1.165) is 20.2 Å². The van der Waals surface area contributed by atoms with E-state index in [4.69, 9.17) is 5.14 Å². The summed E-state index contributed by atoms with van der Waals surface area (Å²) in [6, 6.07) is 12.4. The van der Waals surface area contributed by atoms with Gasteiger partial charge < -0.3 is 5.32 Å². The average molecular weight is 434 g/mol. The van der Waals surface area contributed by atoms with Crippen LogP contribution in [0.15, 0.2) is 56.3 Å². The number of anilines is 1. The highest BCUT2D eigenvalue weighted by Gasteiger charge is 2.12. The summed E-state index contributed by atoms with van der Waals surface area (Å²) in [4.78, 5) is 0.114. The fraction of sp³-hybridized carbons (Fsp3) is 0.143. The maximum atomic E-state index is 11.4. The van der Waals surface area contributed by atoms with Crippen molar-refractivity contribution in [2.75, 3.05) is 5.32 Å². The van der Waals surface area contributed by atoms with Gasteiger partial charge >= 0.3 is 0 Å². The Morgan fingerprint density at radius 1 is 1.14 bits per heavy atom. The molecule has 0 saturated carbocycles. The molecule has 0 aliphatic rings. The molecule has 112 valence electrons. The number of benzene rings is 2. The number of nitrogens with two attached hydrogens (primary N) is 1. The second-order valence-corrected chi connectivity index (χ2v) is 7.94. The molecule has 0 radical (unpaired) electrons. The predicted molar refractivity (Wildman–Crippen MR) is 91.7 cm³/mol. The third kappa shape index (κ3) is 4.29. The highest BCUT2D eigenvalue weighted by molar-refractivity contribution is 9.11. The van der Waals surface area contributed by atoms with E-state index in [-0.39, 0.29) is 10.9 Å². The summed E-state index contributed by atoms with van der Waals surface area (Å²) in [6.07, 6.45) is 0. The van der Waals surface area contributed by atoms with Crippen molar-refractivity contribution in [1.82, 2.24) is 0 Å². The number of sulfonamides is 1. The molecule has 1 unspecified atom stereocenters. The SMILES string of the molecule is CC(Nc1ccc(Br)cc1Br)c1cccc(S(N)(=O)=O)c1. The Labute approximate surface area is 141 Å². The molecule has 0 spiro atoms. The minimum Gasteiger partial charge on any atom is -0.378 e. The van der Waals surface area contributed by atoms with Crippen LogP contribution in [0.1, 0.15) is 18.5 Å². The minimum atomic E-state index is -3.69. The summed E-state index contributed by atoms with van der Waals surface area (Å²) in [6.45, 7) is 1.96. The van der Waals surface area contributed by atoms with Gasteiger partial charge in [-0.15, -0.1) is 0 Å². The van der Waals surface area contributed by atoms with Crippen molar-refractivity contribution < 1.29 is 8.42 Å². The fourth-order valence-electron chi connectivity index (χ4n) is 1.88. The van der Waals surface area contributed by atoms with E-state index in [1.165, 1.54) is 6.07 Å². The Bertz CT molecular complexity index is 763. The molecule has 2 rings (SSSR count). The minimum absolute atomic E-state index is 0.0656. The molecular weight excluding hydrogens is 420 g/mol. The molecule has 4 nitrogen and oxygen atoms in total. The lowest BCUT2D eigenvalue weighted by molar-refractivity contribution is 0.597. The van der Waals surface area contributed by atoms with E-state index in [1.807, 2.05) is 31.2 Å². The first kappa shape index (κ1) is 16.5. The first-order chi connectivity index (χ1) is 9.77. The van der Waals surface area contributed by atoms with Gasteiger partial charge in [0.1, 0.15) is 0 Å². The number of primary sulfonamides is 1. The van der Waals surface area contributed by atoms with Crippen molar-refractivity contribution >= 4 is 47.6 Å². The van der Waals surface area contributed by atoms with E-state index < -0.39 is 10.0 Å². The predicted octanol–water partition coefficient (Wildman–Crippen LogP) is 4.03. The van der Waals surface area contributed by atoms with Gasteiger partial charge in [0.2, 0.25) is 10.0 Å². The number of nitrogens with one attached hydrogen (secondary N) is 1. The second kappa shape index (κ2) is 6.48. The second-order valence-electron chi connectivity index (χ2n) is 4.61. The first-order valence-corrected chi connectivity index (χ1v) is 9.25. The Kier molecular flexibility index (Phi) is 5.08. The van der Waals surface area contributed by atoms with Crippen molar-refractivity contribution in [1.29, 1.82) is 0 Å². The van der Waals surface area contributed by atoms with Gasteiger partial charge in [0.05, 0.1) is 4.90 Å². The monoisotopic (exact) mass is 432 g/mol. The molecule has 0 saturated heterocycles. The van der Waals surface area contributed by atoms with Crippen molar-refractivity contribution in [2.24, 2.45) is 5.14 Å². The van der Waals surface area contributed by atoms with E-state index in [1.54, 1.807) is 12.1 Å². The summed E-state index contributed by atoms with van der Waals surface area (Å²) in [5.41, 5.74) is 1.77. The molecule has 7 heteroatoms. The van der Waals surface area contributed by atoms with Crippen LogP contribution >= 0.6 is 31.9 Å². The number of rotatable bonds is 4. The summed E-state index contributed by atoms with van der Waals surface area (Å²) in [7, 11) is -3.69.